The van der Waals surface area contributed by atoms with Gasteiger partial charge in [-0.2, -0.15) is 18.3 Å². The first-order valence-electron chi connectivity index (χ1n) is 11.1. The Morgan fingerprint density at radius 3 is 2.42 bits per heavy atom. The Kier molecular flexibility index (Phi) is 4.27. The Morgan fingerprint density at radius 2 is 1.84 bits per heavy atom. The summed E-state index contributed by atoms with van der Waals surface area (Å²) < 4.78 is 42.5. The lowest BCUT2D eigenvalue weighted by molar-refractivity contribution is -0.173. The van der Waals surface area contributed by atoms with Gasteiger partial charge in [0.05, 0.1) is 6.04 Å². The highest BCUT2D eigenvalue weighted by Gasteiger charge is 2.52. The summed E-state index contributed by atoms with van der Waals surface area (Å²) in [7, 11) is 0. The van der Waals surface area contributed by atoms with E-state index < -0.39 is 18.3 Å². The summed E-state index contributed by atoms with van der Waals surface area (Å²) in [6.45, 7) is 0. The average Bonchev–Trinajstić information content (AvgIpc) is 3.34. The summed E-state index contributed by atoms with van der Waals surface area (Å²) in [5, 5.41) is 12.4. The molecule has 2 aromatic heterocycles. The van der Waals surface area contributed by atoms with Gasteiger partial charge in [-0.05, 0) is 67.7 Å². The minimum absolute atomic E-state index is 0.0688. The Bertz CT molecular complexity index is 964. The molecule has 3 heterocycles. The number of hydrogen-bond donors (Lipinski definition) is 2. The van der Waals surface area contributed by atoms with E-state index in [1.807, 2.05) is 17.5 Å². The van der Waals surface area contributed by atoms with Crippen LogP contribution in [-0.4, -0.2) is 27.4 Å². The third-order valence-electron chi connectivity index (χ3n) is 7.73. The van der Waals surface area contributed by atoms with E-state index in [1.165, 1.54) is 36.7 Å². The standard InChI is InChI=1S/C22H25F3N4OS/c23-22(24,25)18-7-15(17-2-1-3-31-17)26-19-8-16(28-29(18)19)20(30)27-21-9-12-4-13(10-21)6-14(5-12)11-21/h1-3,8,12-15,18,26H,4-7,9-11H2,(H,27,30)/t12?,13?,14?,15-,18-,21?/m0/s1. The summed E-state index contributed by atoms with van der Waals surface area (Å²) in [6, 6.07) is 2.95. The second-order valence-corrected chi connectivity index (χ2v) is 11.0. The fourth-order valence-corrected chi connectivity index (χ4v) is 7.72. The van der Waals surface area contributed by atoms with Crippen LogP contribution in [0, 0.1) is 17.8 Å². The predicted molar refractivity (Wildman–Crippen MR) is 111 cm³/mol. The van der Waals surface area contributed by atoms with Gasteiger partial charge >= 0.3 is 6.18 Å². The zero-order chi connectivity index (χ0) is 21.4. The zero-order valence-electron chi connectivity index (χ0n) is 17.0. The van der Waals surface area contributed by atoms with Gasteiger partial charge in [-0.25, -0.2) is 4.68 Å². The monoisotopic (exact) mass is 450 g/mol. The van der Waals surface area contributed by atoms with Crippen LogP contribution in [0.15, 0.2) is 23.6 Å². The molecule has 9 heteroatoms. The summed E-state index contributed by atoms with van der Waals surface area (Å²) in [6.07, 6.45) is 2.16. The SMILES string of the molecule is O=C(NC12CC3CC(CC(C3)C1)C2)c1cc2n(n1)[C@H](C(F)(F)F)C[C@@H](c1cccs1)N2. The number of hydrogen-bond acceptors (Lipinski definition) is 4. The van der Waals surface area contributed by atoms with Crippen molar-refractivity contribution in [3.05, 3.63) is 34.2 Å². The Labute approximate surface area is 182 Å². The van der Waals surface area contributed by atoms with E-state index in [0.717, 1.165) is 28.8 Å². The van der Waals surface area contributed by atoms with E-state index in [1.54, 1.807) is 0 Å². The number of rotatable bonds is 3. The highest BCUT2D eigenvalue weighted by Crippen LogP contribution is 2.55. The normalized spacial score (nSPS) is 36.2. The molecule has 2 atom stereocenters. The molecule has 5 nitrogen and oxygen atoms in total. The number of alkyl halides is 3. The van der Waals surface area contributed by atoms with E-state index >= 15 is 0 Å². The van der Waals surface area contributed by atoms with Crippen LogP contribution >= 0.6 is 11.3 Å². The molecule has 5 aliphatic rings. The maximum atomic E-state index is 13.8. The molecule has 2 N–H and O–H groups in total. The van der Waals surface area contributed by atoms with Crippen molar-refractivity contribution in [2.75, 3.05) is 5.32 Å². The van der Waals surface area contributed by atoms with Gasteiger partial charge in [0.1, 0.15) is 5.82 Å². The first kappa shape index (κ1) is 19.6. The van der Waals surface area contributed by atoms with Crippen LogP contribution in [0.25, 0.3) is 0 Å². The molecule has 2 aromatic rings. The molecular formula is C22H25F3N4OS. The number of anilines is 1. The Morgan fingerprint density at radius 1 is 1.16 bits per heavy atom. The number of carbonyl (C=O) groups is 1. The Balaban J connectivity index is 1.27. The number of thiophene rings is 1. The minimum Gasteiger partial charge on any atom is -0.363 e. The number of carbonyl (C=O) groups excluding carboxylic acids is 1. The molecule has 31 heavy (non-hydrogen) atoms. The number of amides is 1. The molecule has 0 radical (unpaired) electrons. The van der Waals surface area contributed by atoms with Crippen LogP contribution in [0.3, 0.4) is 0 Å². The molecule has 0 aromatic carbocycles. The van der Waals surface area contributed by atoms with E-state index in [9.17, 15) is 18.0 Å². The van der Waals surface area contributed by atoms with Crippen LogP contribution in [0.2, 0.25) is 0 Å². The number of aromatic nitrogens is 2. The van der Waals surface area contributed by atoms with Gasteiger partial charge in [-0.1, -0.05) is 6.07 Å². The molecule has 4 bridgehead atoms. The van der Waals surface area contributed by atoms with Gasteiger partial charge in [-0.15, -0.1) is 11.3 Å². The third kappa shape index (κ3) is 3.36. The van der Waals surface area contributed by atoms with Crippen molar-refractivity contribution in [1.29, 1.82) is 0 Å². The van der Waals surface area contributed by atoms with Gasteiger partial charge in [0, 0.05) is 22.9 Å². The van der Waals surface area contributed by atoms with E-state index in [0.29, 0.717) is 17.8 Å². The maximum Gasteiger partial charge on any atom is 0.410 e. The smallest absolute Gasteiger partial charge is 0.363 e. The van der Waals surface area contributed by atoms with Crippen LogP contribution in [0.4, 0.5) is 19.0 Å². The first-order valence-corrected chi connectivity index (χ1v) is 11.9. The van der Waals surface area contributed by atoms with Crippen LogP contribution in [0.5, 0.6) is 0 Å². The summed E-state index contributed by atoms with van der Waals surface area (Å²) in [5.41, 5.74) is -0.133. The first-order chi connectivity index (χ1) is 14.8. The van der Waals surface area contributed by atoms with Gasteiger partial charge in [0.2, 0.25) is 0 Å². The predicted octanol–water partition coefficient (Wildman–Crippen LogP) is 5.30. The van der Waals surface area contributed by atoms with Crippen LogP contribution in [-0.2, 0) is 0 Å². The second-order valence-electron chi connectivity index (χ2n) is 10.0. The molecule has 166 valence electrons. The lowest BCUT2D eigenvalue weighted by atomic mass is 9.53. The number of fused-ring (bicyclic) bond motifs is 1. The number of nitrogens with one attached hydrogen (secondary N) is 2. The molecule has 1 aliphatic heterocycles. The number of nitrogens with zero attached hydrogens (tertiary/aromatic N) is 2. The topological polar surface area (TPSA) is 59.0 Å². The highest BCUT2D eigenvalue weighted by atomic mass is 32.1. The largest absolute Gasteiger partial charge is 0.410 e. The van der Waals surface area contributed by atoms with Crippen LogP contribution in [0.1, 0.15) is 72.4 Å². The lowest BCUT2D eigenvalue weighted by Crippen LogP contribution is -2.59. The van der Waals surface area contributed by atoms with Gasteiger partial charge in [0.15, 0.2) is 11.7 Å². The molecular weight excluding hydrogens is 425 g/mol. The van der Waals surface area contributed by atoms with Crippen molar-refractivity contribution < 1.29 is 18.0 Å². The molecule has 0 unspecified atom stereocenters. The lowest BCUT2D eigenvalue weighted by Gasteiger charge is -2.56. The van der Waals surface area contributed by atoms with Crippen molar-refractivity contribution in [2.24, 2.45) is 17.8 Å². The molecule has 1 amide bonds. The van der Waals surface area contributed by atoms with Crippen molar-refractivity contribution in [3.8, 4) is 0 Å². The van der Waals surface area contributed by atoms with Crippen molar-refractivity contribution in [1.82, 2.24) is 15.1 Å². The van der Waals surface area contributed by atoms with E-state index in [2.05, 4.69) is 15.7 Å². The maximum absolute atomic E-state index is 13.8. The zero-order valence-corrected chi connectivity index (χ0v) is 17.8. The molecule has 4 aliphatic carbocycles. The van der Waals surface area contributed by atoms with Crippen molar-refractivity contribution >= 4 is 23.1 Å². The van der Waals surface area contributed by atoms with Gasteiger partial charge in [0.25, 0.3) is 5.91 Å². The Hall–Kier alpha value is -2.03. The molecule has 0 saturated heterocycles. The van der Waals surface area contributed by atoms with E-state index in [-0.39, 0.29) is 29.4 Å². The quantitative estimate of drug-likeness (QED) is 0.667. The summed E-state index contributed by atoms with van der Waals surface area (Å²) >= 11 is 1.43. The van der Waals surface area contributed by atoms with Gasteiger partial charge < -0.3 is 10.6 Å². The van der Waals surface area contributed by atoms with Gasteiger partial charge in [-0.3, -0.25) is 4.79 Å². The summed E-state index contributed by atoms with van der Waals surface area (Å²) in [5.74, 6) is 1.92. The molecule has 0 spiro atoms. The second kappa shape index (κ2) is 6.73. The van der Waals surface area contributed by atoms with Crippen molar-refractivity contribution in [3.63, 3.8) is 0 Å². The molecule has 4 fully saturated rings. The highest BCUT2D eigenvalue weighted by molar-refractivity contribution is 7.10. The average molecular weight is 451 g/mol. The fraction of sp³-hybridized carbons (Fsp3) is 0.636. The van der Waals surface area contributed by atoms with Crippen LogP contribution < -0.4 is 10.6 Å². The fourth-order valence-electron chi connectivity index (χ4n) is 6.93. The minimum atomic E-state index is -4.44. The summed E-state index contributed by atoms with van der Waals surface area (Å²) in [4.78, 5) is 14.0. The molecule has 4 saturated carbocycles. The van der Waals surface area contributed by atoms with Crippen molar-refractivity contribution in [2.45, 2.75) is 68.7 Å². The van der Waals surface area contributed by atoms with E-state index in [4.69, 9.17) is 0 Å². The third-order valence-corrected chi connectivity index (χ3v) is 8.71. The molecule has 7 rings (SSSR count). The number of halogens is 3.